The number of aliphatic hydroxyl groups is 1. The Morgan fingerprint density at radius 1 is 1.26 bits per heavy atom. The quantitative estimate of drug-likeness (QED) is 0.839. The van der Waals surface area contributed by atoms with Crippen molar-refractivity contribution in [3.05, 3.63) is 23.8 Å². The van der Waals surface area contributed by atoms with Crippen molar-refractivity contribution in [3.8, 4) is 11.5 Å². The van der Waals surface area contributed by atoms with Crippen molar-refractivity contribution < 1.29 is 32.1 Å². The zero-order valence-electron chi connectivity index (χ0n) is 9.28. The van der Waals surface area contributed by atoms with Crippen LogP contribution in [0.5, 0.6) is 11.5 Å². The second-order valence-corrected chi connectivity index (χ2v) is 3.77. The van der Waals surface area contributed by atoms with Crippen LogP contribution in [0.3, 0.4) is 0 Å². The molecule has 19 heavy (non-hydrogen) atoms. The molecule has 0 spiro atoms. The molecule has 0 saturated carbocycles. The summed E-state index contributed by atoms with van der Waals surface area (Å²) >= 11 is 0. The highest BCUT2D eigenvalue weighted by atomic mass is 35.5. The van der Waals surface area contributed by atoms with Crippen LogP contribution in [-0.4, -0.2) is 23.9 Å². The van der Waals surface area contributed by atoms with Crippen LogP contribution < -0.4 is 15.2 Å². The van der Waals surface area contributed by atoms with Crippen LogP contribution >= 0.6 is 12.4 Å². The molecule has 2 rings (SSSR count). The summed E-state index contributed by atoms with van der Waals surface area (Å²) in [5.74, 6) is -4.19. The molecule has 0 aromatic heterocycles. The first-order valence-electron chi connectivity index (χ1n) is 4.89. The number of alkyl halides is 4. The van der Waals surface area contributed by atoms with Gasteiger partial charge < -0.3 is 20.3 Å². The monoisotopic (exact) mass is 303 g/mol. The highest BCUT2D eigenvalue weighted by Crippen LogP contribution is 2.43. The molecular weight excluding hydrogens is 294 g/mol. The smallest absolute Gasteiger partial charge is 0.395 e. The highest BCUT2D eigenvalue weighted by Gasteiger charge is 2.44. The van der Waals surface area contributed by atoms with Gasteiger partial charge in [0.1, 0.15) is 6.61 Å². The van der Waals surface area contributed by atoms with E-state index in [4.69, 9.17) is 10.8 Å². The van der Waals surface area contributed by atoms with Gasteiger partial charge in [-0.25, -0.2) is 8.78 Å². The third kappa shape index (κ3) is 3.02. The van der Waals surface area contributed by atoms with Crippen molar-refractivity contribution >= 4 is 12.4 Å². The lowest BCUT2D eigenvalue weighted by Crippen LogP contribution is -2.36. The molecule has 9 heteroatoms. The van der Waals surface area contributed by atoms with Gasteiger partial charge in [-0.15, -0.1) is 21.2 Å². The van der Waals surface area contributed by atoms with Crippen LogP contribution in [-0.2, 0) is 0 Å². The summed E-state index contributed by atoms with van der Waals surface area (Å²) in [7, 11) is 0. The first-order chi connectivity index (χ1) is 8.25. The Balaban J connectivity index is 0.00000180. The summed E-state index contributed by atoms with van der Waals surface area (Å²) in [5.41, 5.74) is 5.11. The minimum absolute atomic E-state index is 0. The van der Waals surface area contributed by atoms with Gasteiger partial charge in [0.25, 0.3) is 5.92 Å². The molecule has 0 fully saturated rings. The number of hydrogen-bond donors (Lipinski definition) is 2. The molecule has 108 valence electrons. The van der Waals surface area contributed by atoms with E-state index in [2.05, 4.69) is 9.47 Å². The van der Waals surface area contributed by atoms with Crippen LogP contribution in [0.2, 0.25) is 0 Å². The third-order valence-corrected chi connectivity index (χ3v) is 2.45. The van der Waals surface area contributed by atoms with Gasteiger partial charge in [0, 0.05) is 0 Å². The normalized spacial score (nSPS) is 17.8. The molecule has 0 unspecified atom stereocenters. The zero-order chi connectivity index (χ0) is 13.6. The van der Waals surface area contributed by atoms with E-state index in [9.17, 15) is 17.6 Å². The fraction of sp³-hybridized carbons (Fsp3) is 0.400. The van der Waals surface area contributed by atoms with E-state index < -0.39 is 24.9 Å². The number of rotatable bonds is 3. The molecule has 1 aliphatic rings. The molecule has 0 radical (unpaired) electrons. The molecule has 0 amide bonds. The molecule has 3 N–H and O–H groups in total. The summed E-state index contributed by atoms with van der Waals surface area (Å²) in [6, 6.07) is 1.27. The van der Waals surface area contributed by atoms with E-state index in [1.165, 1.54) is 0 Å². The summed E-state index contributed by atoms with van der Waals surface area (Å²) in [6.45, 7) is -1.45. The second kappa shape index (κ2) is 5.03. The Morgan fingerprint density at radius 3 is 2.42 bits per heavy atom. The van der Waals surface area contributed by atoms with Gasteiger partial charge >= 0.3 is 6.29 Å². The van der Waals surface area contributed by atoms with E-state index in [0.717, 1.165) is 18.2 Å². The van der Waals surface area contributed by atoms with Crippen molar-refractivity contribution in [1.29, 1.82) is 0 Å². The van der Waals surface area contributed by atoms with Gasteiger partial charge in [-0.3, -0.25) is 0 Å². The average Bonchev–Trinajstić information content (AvgIpc) is 2.60. The minimum atomic E-state index is -3.81. The summed E-state index contributed by atoms with van der Waals surface area (Å²) in [5, 5.41) is 8.50. The number of nitrogens with two attached hydrogens (primary N) is 1. The average molecular weight is 304 g/mol. The number of halogens is 5. The Bertz CT molecular complexity index is 472. The topological polar surface area (TPSA) is 64.7 Å². The Labute approximate surface area is 111 Å². The number of aliphatic hydroxyl groups excluding tert-OH is 1. The standard InChI is InChI=1S/C10H9F4NO3.ClH/c11-9(12,4-16)8(15)5-1-2-6-7(3-5)18-10(13,14)17-6;/h1-3,8,16H,4,15H2;1H/t8-;/m0./s1. The predicted molar refractivity (Wildman–Crippen MR) is 58.9 cm³/mol. The van der Waals surface area contributed by atoms with Crippen molar-refractivity contribution in [2.45, 2.75) is 18.3 Å². The first-order valence-corrected chi connectivity index (χ1v) is 4.89. The number of fused-ring (bicyclic) bond motifs is 1. The zero-order valence-corrected chi connectivity index (χ0v) is 10.1. The van der Waals surface area contributed by atoms with Crippen molar-refractivity contribution in [3.63, 3.8) is 0 Å². The first kappa shape index (κ1) is 15.8. The molecular formula is C10H10ClF4NO3. The SMILES string of the molecule is Cl.N[C@@H](c1ccc2c(c1)OC(F)(F)O2)C(F)(F)CO. The van der Waals surface area contributed by atoms with Gasteiger partial charge in [0.2, 0.25) is 0 Å². The molecule has 4 nitrogen and oxygen atoms in total. The van der Waals surface area contributed by atoms with Gasteiger partial charge in [-0.1, -0.05) is 6.07 Å². The van der Waals surface area contributed by atoms with Crippen LogP contribution in [0.25, 0.3) is 0 Å². The lowest BCUT2D eigenvalue weighted by Gasteiger charge is -2.21. The van der Waals surface area contributed by atoms with E-state index in [1.807, 2.05) is 0 Å². The molecule has 1 aromatic carbocycles. The van der Waals surface area contributed by atoms with Gasteiger partial charge in [0.05, 0.1) is 6.04 Å². The van der Waals surface area contributed by atoms with Crippen LogP contribution in [0, 0.1) is 0 Å². The maximum absolute atomic E-state index is 13.1. The molecule has 0 saturated heterocycles. The van der Waals surface area contributed by atoms with Crippen LogP contribution in [0.15, 0.2) is 18.2 Å². The maximum atomic E-state index is 13.1. The fourth-order valence-corrected chi connectivity index (χ4v) is 1.50. The number of ether oxygens (including phenoxy) is 2. The van der Waals surface area contributed by atoms with Crippen molar-refractivity contribution in [2.75, 3.05) is 6.61 Å². The lowest BCUT2D eigenvalue weighted by molar-refractivity contribution is -0.286. The van der Waals surface area contributed by atoms with Crippen molar-refractivity contribution in [2.24, 2.45) is 5.73 Å². The third-order valence-electron chi connectivity index (χ3n) is 2.45. The van der Waals surface area contributed by atoms with Crippen LogP contribution in [0.4, 0.5) is 17.6 Å². The van der Waals surface area contributed by atoms with Gasteiger partial charge in [-0.05, 0) is 17.7 Å². The Hall–Kier alpha value is -1.25. The van der Waals surface area contributed by atoms with Crippen LogP contribution in [0.1, 0.15) is 11.6 Å². The van der Waals surface area contributed by atoms with E-state index in [0.29, 0.717) is 0 Å². The summed E-state index contributed by atoms with van der Waals surface area (Å²) in [6.07, 6.45) is -3.81. The lowest BCUT2D eigenvalue weighted by atomic mass is 10.0. The number of hydrogen-bond acceptors (Lipinski definition) is 4. The Morgan fingerprint density at radius 2 is 1.84 bits per heavy atom. The molecule has 0 bridgehead atoms. The summed E-state index contributed by atoms with van der Waals surface area (Å²) < 4.78 is 59.9. The van der Waals surface area contributed by atoms with E-state index in [1.54, 1.807) is 0 Å². The molecule has 1 aromatic rings. The molecule has 1 heterocycles. The molecule has 1 aliphatic heterocycles. The number of benzene rings is 1. The van der Waals surface area contributed by atoms with E-state index >= 15 is 0 Å². The van der Waals surface area contributed by atoms with Gasteiger partial charge in [-0.2, -0.15) is 0 Å². The fourth-order valence-electron chi connectivity index (χ4n) is 1.50. The second-order valence-electron chi connectivity index (χ2n) is 3.77. The Kier molecular flexibility index (Phi) is 4.18. The minimum Gasteiger partial charge on any atom is -0.395 e. The van der Waals surface area contributed by atoms with Crippen molar-refractivity contribution in [1.82, 2.24) is 0 Å². The van der Waals surface area contributed by atoms with E-state index in [-0.39, 0.29) is 29.5 Å². The van der Waals surface area contributed by atoms with Gasteiger partial charge in [0.15, 0.2) is 11.5 Å². The molecule has 1 atom stereocenters. The largest absolute Gasteiger partial charge is 0.586 e. The maximum Gasteiger partial charge on any atom is 0.586 e. The summed E-state index contributed by atoms with van der Waals surface area (Å²) in [4.78, 5) is 0. The highest BCUT2D eigenvalue weighted by molar-refractivity contribution is 5.85. The molecule has 0 aliphatic carbocycles. The predicted octanol–water partition coefficient (Wildman–Crippen LogP) is 2.06.